The Morgan fingerprint density at radius 3 is 2.72 bits per heavy atom. The van der Waals surface area contributed by atoms with E-state index in [1.165, 1.54) is 11.8 Å². The molecule has 0 saturated carbocycles. The largest absolute Gasteiger partial charge is 0.497 e. The summed E-state index contributed by atoms with van der Waals surface area (Å²) in [5.74, 6) is 1.13. The van der Waals surface area contributed by atoms with Crippen LogP contribution >= 0.6 is 23.4 Å². The highest BCUT2D eigenvalue weighted by molar-refractivity contribution is 8.18. The van der Waals surface area contributed by atoms with Crippen molar-refractivity contribution in [2.75, 3.05) is 14.2 Å². The van der Waals surface area contributed by atoms with Gasteiger partial charge in [-0.2, -0.15) is 0 Å². The molecule has 5 nitrogen and oxygen atoms in total. The summed E-state index contributed by atoms with van der Waals surface area (Å²) in [6, 6.07) is 12.5. The molecular formula is C18H15ClN2O3S. The van der Waals surface area contributed by atoms with Crippen LogP contribution in [0.4, 0.5) is 5.69 Å². The first kappa shape index (κ1) is 17.4. The van der Waals surface area contributed by atoms with Gasteiger partial charge in [0.2, 0.25) is 0 Å². The smallest absolute Gasteiger partial charge is 0.264 e. The third-order valence-electron chi connectivity index (χ3n) is 3.41. The SMILES string of the molecule is COc1ccc(OC)c(/C=C2\SC(=Nc3cccc(Cl)c3)NC2=O)c1. The minimum absolute atomic E-state index is 0.212. The Bertz CT molecular complexity index is 880. The van der Waals surface area contributed by atoms with Gasteiger partial charge in [-0.3, -0.25) is 4.79 Å². The van der Waals surface area contributed by atoms with Crippen molar-refractivity contribution >= 4 is 46.2 Å². The van der Waals surface area contributed by atoms with Gasteiger partial charge in [0.25, 0.3) is 5.91 Å². The third kappa shape index (κ3) is 4.15. The monoisotopic (exact) mass is 374 g/mol. The molecule has 0 spiro atoms. The van der Waals surface area contributed by atoms with Gasteiger partial charge >= 0.3 is 0 Å². The zero-order chi connectivity index (χ0) is 17.8. The highest BCUT2D eigenvalue weighted by Crippen LogP contribution is 2.32. The molecule has 2 aromatic carbocycles. The van der Waals surface area contributed by atoms with Crippen molar-refractivity contribution in [2.24, 2.45) is 4.99 Å². The van der Waals surface area contributed by atoms with Crippen LogP contribution in [0.25, 0.3) is 6.08 Å². The van der Waals surface area contributed by atoms with Crippen molar-refractivity contribution in [1.82, 2.24) is 5.32 Å². The first-order chi connectivity index (χ1) is 12.1. The normalized spacial score (nSPS) is 17.0. The number of ether oxygens (including phenoxy) is 2. The second-order valence-corrected chi connectivity index (χ2v) is 6.54. The average Bonchev–Trinajstić information content (AvgIpc) is 2.94. The quantitative estimate of drug-likeness (QED) is 0.813. The maximum atomic E-state index is 12.2. The fourth-order valence-corrected chi connectivity index (χ4v) is 3.25. The van der Waals surface area contributed by atoms with Crippen molar-refractivity contribution in [3.8, 4) is 11.5 Å². The van der Waals surface area contributed by atoms with Gasteiger partial charge in [-0.05, 0) is 54.2 Å². The number of hydrogen-bond acceptors (Lipinski definition) is 5. The summed E-state index contributed by atoms with van der Waals surface area (Å²) in [5.41, 5.74) is 1.43. The number of carbonyl (C=O) groups excluding carboxylic acids is 1. The standard InChI is InChI=1S/C18H15ClN2O3S/c1-23-14-6-7-15(24-2)11(8-14)9-16-17(22)21-18(25-16)20-13-5-3-4-12(19)10-13/h3-10H,1-2H3,(H,20,21,22)/b16-9-. The summed E-state index contributed by atoms with van der Waals surface area (Å²) in [6.45, 7) is 0. The van der Waals surface area contributed by atoms with E-state index in [1.54, 1.807) is 50.6 Å². The van der Waals surface area contributed by atoms with Crippen molar-refractivity contribution in [3.05, 3.63) is 58.0 Å². The van der Waals surface area contributed by atoms with E-state index in [1.807, 2.05) is 12.1 Å². The number of carbonyl (C=O) groups is 1. The Labute approximate surface area is 154 Å². The van der Waals surface area contributed by atoms with Crippen LogP contribution in [-0.2, 0) is 4.79 Å². The van der Waals surface area contributed by atoms with E-state index >= 15 is 0 Å². The van der Waals surface area contributed by atoms with Gasteiger partial charge in [0, 0.05) is 10.6 Å². The van der Waals surface area contributed by atoms with E-state index in [-0.39, 0.29) is 5.91 Å². The molecule has 0 bridgehead atoms. The molecule has 1 amide bonds. The molecule has 1 aliphatic rings. The van der Waals surface area contributed by atoms with E-state index in [0.717, 1.165) is 5.56 Å². The van der Waals surface area contributed by atoms with E-state index in [9.17, 15) is 4.79 Å². The van der Waals surface area contributed by atoms with Crippen molar-refractivity contribution in [3.63, 3.8) is 0 Å². The average molecular weight is 375 g/mol. The molecule has 0 unspecified atom stereocenters. The van der Waals surface area contributed by atoms with Crippen molar-refractivity contribution < 1.29 is 14.3 Å². The second kappa shape index (κ2) is 7.63. The van der Waals surface area contributed by atoms with Gasteiger partial charge in [-0.15, -0.1) is 0 Å². The predicted molar refractivity (Wildman–Crippen MR) is 102 cm³/mol. The first-order valence-corrected chi connectivity index (χ1v) is 8.55. The number of amides is 1. The first-order valence-electron chi connectivity index (χ1n) is 7.36. The zero-order valence-electron chi connectivity index (χ0n) is 13.6. The Morgan fingerprint density at radius 1 is 1.16 bits per heavy atom. The Hall–Kier alpha value is -2.44. The lowest BCUT2D eigenvalue weighted by Gasteiger charge is -2.07. The number of thioether (sulfide) groups is 1. The molecule has 7 heteroatoms. The van der Waals surface area contributed by atoms with Gasteiger partial charge in [-0.1, -0.05) is 17.7 Å². The molecule has 0 aliphatic carbocycles. The van der Waals surface area contributed by atoms with Crippen LogP contribution < -0.4 is 14.8 Å². The molecular weight excluding hydrogens is 360 g/mol. The van der Waals surface area contributed by atoms with Gasteiger partial charge in [0.05, 0.1) is 24.8 Å². The summed E-state index contributed by atoms with van der Waals surface area (Å²) >= 11 is 7.21. The Morgan fingerprint density at radius 2 is 2.00 bits per heavy atom. The Kier molecular flexibility index (Phi) is 5.31. The fraction of sp³-hybridized carbons (Fsp3) is 0.111. The minimum atomic E-state index is -0.212. The molecule has 0 atom stereocenters. The number of nitrogens with zero attached hydrogens (tertiary/aromatic N) is 1. The predicted octanol–water partition coefficient (Wildman–Crippen LogP) is 4.25. The molecule has 1 fully saturated rings. The number of benzene rings is 2. The maximum Gasteiger partial charge on any atom is 0.264 e. The van der Waals surface area contributed by atoms with Gasteiger partial charge in [0.1, 0.15) is 11.5 Å². The van der Waals surface area contributed by atoms with Crippen molar-refractivity contribution in [2.45, 2.75) is 0 Å². The Balaban J connectivity index is 1.89. The highest BCUT2D eigenvalue weighted by atomic mass is 35.5. The summed E-state index contributed by atoms with van der Waals surface area (Å²) in [7, 11) is 3.17. The number of methoxy groups -OCH3 is 2. The zero-order valence-corrected chi connectivity index (χ0v) is 15.1. The van der Waals surface area contributed by atoms with Crippen molar-refractivity contribution in [1.29, 1.82) is 0 Å². The number of rotatable bonds is 4. The van der Waals surface area contributed by atoms with Crippen LogP contribution in [-0.4, -0.2) is 25.3 Å². The maximum absolute atomic E-state index is 12.2. The molecule has 1 saturated heterocycles. The topological polar surface area (TPSA) is 59.9 Å². The summed E-state index contributed by atoms with van der Waals surface area (Å²) < 4.78 is 10.6. The van der Waals surface area contributed by atoms with Crippen LogP contribution in [0, 0.1) is 0 Å². The van der Waals surface area contributed by atoms with Gasteiger partial charge in [0.15, 0.2) is 5.17 Å². The molecule has 25 heavy (non-hydrogen) atoms. The van der Waals surface area contributed by atoms with E-state index in [0.29, 0.717) is 32.3 Å². The molecule has 1 heterocycles. The molecule has 0 aromatic heterocycles. The second-order valence-electron chi connectivity index (χ2n) is 5.07. The van der Waals surface area contributed by atoms with Gasteiger partial charge in [-0.25, -0.2) is 4.99 Å². The third-order valence-corrected chi connectivity index (χ3v) is 4.56. The molecule has 1 N–H and O–H groups in total. The minimum Gasteiger partial charge on any atom is -0.497 e. The number of halogens is 1. The summed E-state index contributed by atoms with van der Waals surface area (Å²) in [5, 5.41) is 3.84. The molecule has 0 radical (unpaired) electrons. The summed E-state index contributed by atoms with van der Waals surface area (Å²) in [4.78, 5) is 17.1. The highest BCUT2D eigenvalue weighted by Gasteiger charge is 2.24. The van der Waals surface area contributed by atoms with Crippen LogP contribution in [0.15, 0.2) is 52.4 Å². The molecule has 128 valence electrons. The summed E-state index contributed by atoms with van der Waals surface area (Å²) in [6.07, 6.45) is 1.75. The molecule has 2 aromatic rings. The number of aliphatic imine (C=N–C) groups is 1. The van der Waals surface area contributed by atoms with E-state index in [2.05, 4.69) is 10.3 Å². The van der Waals surface area contributed by atoms with Crippen LogP contribution in [0.3, 0.4) is 0 Å². The lowest BCUT2D eigenvalue weighted by molar-refractivity contribution is -0.115. The number of hydrogen-bond donors (Lipinski definition) is 1. The van der Waals surface area contributed by atoms with Crippen LogP contribution in [0.2, 0.25) is 5.02 Å². The lowest BCUT2D eigenvalue weighted by Crippen LogP contribution is -2.19. The number of amidine groups is 1. The van der Waals surface area contributed by atoms with Gasteiger partial charge < -0.3 is 14.8 Å². The van der Waals surface area contributed by atoms with E-state index in [4.69, 9.17) is 21.1 Å². The molecule has 1 aliphatic heterocycles. The van der Waals surface area contributed by atoms with Crippen LogP contribution in [0.5, 0.6) is 11.5 Å². The molecule has 3 rings (SSSR count). The number of nitrogens with one attached hydrogen (secondary N) is 1. The fourth-order valence-electron chi connectivity index (χ4n) is 2.24. The van der Waals surface area contributed by atoms with E-state index < -0.39 is 0 Å². The van der Waals surface area contributed by atoms with Crippen LogP contribution in [0.1, 0.15) is 5.56 Å². The lowest BCUT2D eigenvalue weighted by atomic mass is 10.1.